The van der Waals surface area contributed by atoms with Crippen LogP contribution >= 0.6 is 0 Å². The third kappa shape index (κ3) is 5.29. The highest BCUT2D eigenvalue weighted by molar-refractivity contribution is 5.94. The standard InChI is InChI=1S/C55H45N/c1-54(2)46-27-13-10-25-44(46)53(45-26-11-14-28-47(45)54)43-24-9-8-22-41(43)39-34-38(37-20-6-5-7-21-37)35-40(36-39)42-23-12-17-31-50(42)56-51-32-18-15-29-48(51)55(3,4)49-30-16-19-33-52(49)56/h5-36,53H,1-4H3. The van der Waals surface area contributed by atoms with Gasteiger partial charge in [-0.3, -0.25) is 0 Å². The fraction of sp³-hybridized carbons (Fsp3) is 0.127. The zero-order valence-corrected chi connectivity index (χ0v) is 32.5. The molecule has 2 aliphatic rings. The maximum absolute atomic E-state index is 2.49. The van der Waals surface area contributed by atoms with Gasteiger partial charge in [0.1, 0.15) is 0 Å². The Labute approximate surface area is 331 Å². The summed E-state index contributed by atoms with van der Waals surface area (Å²) in [5.74, 6) is 0.104. The average Bonchev–Trinajstić information content (AvgIpc) is 3.24. The quantitative estimate of drug-likeness (QED) is 0.171. The van der Waals surface area contributed by atoms with Gasteiger partial charge in [0.2, 0.25) is 0 Å². The summed E-state index contributed by atoms with van der Waals surface area (Å²) in [6, 6.07) is 72.2. The van der Waals surface area contributed by atoms with Gasteiger partial charge in [-0.1, -0.05) is 185 Å². The van der Waals surface area contributed by atoms with Crippen LogP contribution in [0, 0.1) is 0 Å². The van der Waals surface area contributed by atoms with Crippen LogP contribution in [0.15, 0.2) is 194 Å². The van der Waals surface area contributed by atoms with E-state index in [1.165, 1.54) is 89.4 Å². The molecule has 8 aromatic carbocycles. The summed E-state index contributed by atoms with van der Waals surface area (Å²) in [4.78, 5) is 2.49. The van der Waals surface area contributed by atoms with Gasteiger partial charge in [0.15, 0.2) is 0 Å². The molecule has 0 unspecified atom stereocenters. The van der Waals surface area contributed by atoms with Crippen molar-refractivity contribution in [3.05, 3.63) is 233 Å². The van der Waals surface area contributed by atoms with Gasteiger partial charge in [0.25, 0.3) is 0 Å². The van der Waals surface area contributed by atoms with Crippen LogP contribution in [-0.2, 0) is 10.8 Å². The Morgan fingerprint density at radius 2 is 0.714 bits per heavy atom. The number of nitrogens with zero attached hydrogens (tertiary/aromatic N) is 1. The van der Waals surface area contributed by atoms with E-state index in [0.29, 0.717) is 0 Å². The Bertz CT molecular complexity index is 2500. The fourth-order valence-corrected chi connectivity index (χ4v) is 9.87. The Balaban J connectivity index is 1.21. The van der Waals surface area contributed by atoms with E-state index in [9.17, 15) is 0 Å². The summed E-state index contributed by atoms with van der Waals surface area (Å²) in [6.07, 6.45) is 0. The number of benzene rings is 8. The van der Waals surface area contributed by atoms with Crippen molar-refractivity contribution in [1.29, 1.82) is 0 Å². The average molecular weight is 720 g/mol. The predicted molar refractivity (Wildman–Crippen MR) is 236 cm³/mol. The van der Waals surface area contributed by atoms with Crippen molar-refractivity contribution in [2.24, 2.45) is 0 Å². The van der Waals surface area contributed by atoms with Gasteiger partial charge >= 0.3 is 0 Å². The van der Waals surface area contributed by atoms with Crippen LogP contribution in [0.25, 0.3) is 33.4 Å². The lowest BCUT2D eigenvalue weighted by Crippen LogP contribution is -2.30. The van der Waals surface area contributed by atoms with Crippen molar-refractivity contribution < 1.29 is 0 Å². The number of hydrogen-bond donors (Lipinski definition) is 0. The first kappa shape index (κ1) is 34.1. The molecule has 0 bridgehead atoms. The second-order valence-electron chi connectivity index (χ2n) is 16.5. The topological polar surface area (TPSA) is 3.24 Å². The molecule has 0 saturated heterocycles. The number of fused-ring (bicyclic) bond motifs is 4. The summed E-state index contributed by atoms with van der Waals surface area (Å²) in [6.45, 7) is 9.45. The minimum Gasteiger partial charge on any atom is -0.309 e. The number of rotatable bonds is 5. The van der Waals surface area contributed by atoms with E-state index in [1.54, 1.807) is 0 Å². The minimum absolute atomic E-state index is 0.0936. The molecular weight excluding hydrogens is 675 g/mol. The molecule has 0 N–H and O–H groups in total. The van der Waals surface area contributed by atoms with Crippen LogP contribution in [-0.4, -0.2) is 0 Å². The van der Waals surface area contributed by atoms with E-state index in [0.717, 1.165) is 0 Å². The van der Waals surface area contributed by atoms with Gasteiger partial charge in [-0.15, -0.1) is 0 Å². The van der Waals surface area contributed by atoms with Crippen LogP contribution in [0.1, 0.15) is 72.6 Å². The molecular formula is C55H45N. The molecule has 1 heteroatoms. The van der Waals surface area contributed by atoms with E-state index in [2.05, 4.69) is 227 Å². The lowest BCUT2D eigenvalue weighted by Gasteiger charge is -2.42. The highest BCUT2D eigenvalue weighted by Gasteiger charge is 2.39. The molecule has 1 nitrogen and oxygen atoms in total. The molecule has 0 amide bonds. The van der Waals surface area contributed by atoms with Crippen molar-refractivity contribution in [2.75, 3.05) is 4.90 Å². The lowest BCUT2D eigenvalue weighted by atomic mass is 9.63. The Hall–Kier alpha value is -6.44. The minimum atomic E-state index is -0.131. The second-order valence-corrected chi connectivity index (χ2v) is 16.5. The summed E-state index contributed by atoms with van der Waals surface area (Å²) in [5, 5.41) is 0. The Morgan fingerprint density at radius 3 is 1.30 bits per heavy atom. The molecule has 0 saturated carbocycles. The highest BCUT2D eigenvalue weighted by atomic mass is 15.2. The molecule has 1 aliphatic heterocycles. The second kappa shape index (κ2) is 13.1. The monoisotopic (exact) mass is 719 g/mol. The molecule has 270 valence electrons. The van der Waals surface area contributed by atoms with Crippen molar-refractivity contribution >= 4 is 17.1 Å². The zero-order valence-electron chi connectivity index (χ0n) is 32.5. The van der Waals surface area contributed by atoms with Gasteiger partial charge in [-0.2, -0.15) is 0 Å². The van der Waals surface area contributed by atoms with Crippen LogP contribution in [0.2, 0.25) is 0 Å². The summed E-state index contributed by atoms with van der Waals surface area (Å²) in [7, 11) is 0. The van der Waals surface area contributed by atoms with Crippen LogP contribution in [0.3, 0.4) is 0 Å². The highest BCUT2D eigenvalue weighted by Crippen LogP contribution is 2.54. The SMILES string of the molecule is CC1(C)c2ccccc2C(c2ccccc2-c2cc(-c3ccccc3)cc(-c3ccccc3N3c4ccccc4C(C)(C)c4ccccc43)c2)c2ccccc21. The van der Waals surface area contributed by atoms with Gasteiger partial charge in [-0.05, 0) is 103 Å². The van der Waals surface area contributed by atoms with E-state index < -0.39 is 0 Å². The van der Waals surface area contributed by atoms with Crippen molar-refractivity contribution in [3.63, 3.8) is 0 Å². The molecule has 10 rings (SSSR count). The fourth-order valence-electron chi connectivity index (χ4n) is 9.87. The van der Waals surface area contributed by atoms with E-state index in [1.807, 2.05) is 0 Å². The normalized spacial score (nSPS) is 15.0. The van der Waals surface area contributed by atoms with Crippen molar-refractivity contribution in [3.8, 4) is 33.4 Å². The third-order valence-corrected chi connectivity index (χ3v) is 12.6. The lowest BCUT2D eigenvalue weighted by molar-refractivity contribution is 0.597. The van der Waals surface area contributed by atoms with Crippen LogP contribution in [0.4, 0.5) is 17.1 Å². The molecule has 0 radical (unpaired) electrons. The van der Waals surface area contributed by atoms with Gasteiger partial charge < -0.3 is 4.90 Å². The zero-order chi connectivity index (χ0) is 38.0. The number of anilines is 3. The molecule has 0 fully saturated rings. The maximum Gasteiger partial charge on any atom is 0.0540 e. The first-order chi connectivity index (χ1) is 27.3. The molecule has 8 aromatic rings. The Morgan fingerprint density at radius 1 is 0.321 bits per heavy atom. The van der Waals surface area contributed by atoms with Gasteiger partial charge in [0.05, 0.1) is 17.1 Å². The smallest absolute Gasteiger partial charge is 0.0540 e. The summed E-state index contributed by atoms with van der Waals surface area (Å²) < 4.78 is 0. The maximum atomic E-state index is 2.49. The molecule has 0 spiro atoms. The van der Waals surface area contributed by atoms with E-state index in [-0.39, 0.29) is 16.7 Å². The molecule has 1 heterocycles. The number of para-hydroxylation sites is 3. The largest absolute Gasteiger partial charge is 0.309 e. The summed E-state index contributed by atoms with van der Waals surface area (Å²) in [5.41, 5.74) is 20.2. The van der Waals surface area contributed by atoms with Crippen molar-refractivity contribution in [1.82, 2.24) is 0 Å². The molecule has 0 atom stereocenters. The number of hydrogen-bond acceptors (Lipinski definition) is 1. The third-order valence-electron chi connectivity index (χ3n) is 12.6. The molecule has 56 heavy (non-hydrogen) atoms. The van der Waals surface area contributed by atoms with Gasteiger partial charge in [-0.25, -0.2) is 0 Å². The predicted octanol–water partition coefficient (Wildman–Crippen LogP) is 14.6. The first-order valence-electron chi connectivity index (χ1n) is 19.9. The molecule has 1 aliphatic carbocycles. The van der Waals surface area contributed by atoms with Crippen LogP contribution < -0.4 is 4.90 Å². The first-order valence-corrected chi connectivity index (χ1v) is 19.9. The van der Waals surface area contributed by atoms with Crippen molar-refractivity contribution in [2.45, 2.75) is 44.4 Å². The van der Waals surface area contributed by atoms with Gasteiger partial charge in [0, 0.05) is 22.3 Å². The molecule has 0 aromatic heterocycles. The Kier molecular flexibility index (Phi) is 7.97. The summed E-state index contributed by atoms with van der Waals surface area (Å²) >= 11 is 0. The van der Waals surface area contributed by atoms with E-state index >= 15 is 0 Å². The van der Waals surface area contributed by atoms with Crippen LogP contribution in [0.5, 0.6) is 0 Å². The van der Waals surface area contributed by atoms with E-state index in [4.69, 9.17) is 0 Å².